The van der Waals surface area contributed by atoms with Crippen LogP contribution in [0.4, 0.5) is 0 Å². The number of para-hydroxylation sites is 2. The molecule has 102 valence electrons. The lowest BCUT2D eigenvalue weighted by Gasteiger charge is -2.11. The molecule has 5 heteroatoms. The second-order valence-corrected chi connectivity index (χ2v) is 4.66. The Morgan fingerprint density at radius 3 is 2.68 bits per heavy atom. The van der Waals surface area contributed by atoms with Gasteiger partial charge in [-0.25, -0.2) is 9.67 Å². The Morgan fingerprint density at radius 2 is 2.05 bits per heavy atom. The number of methoxy groups -OCH3 is 1. The van der Waals surface area contributed by atoms with Gasteiger partial charge in [0.2, 0.25) is 0 Å². The number of hydrogen-bond donors (Lipinski definition) is 1. The van der Waals surface area contributed by atoms with Gasteiger partial charge < -0.3 is 10.5 Å². The van der Waals surface area contributed by atoms with Crippen LogP contribution in [0.1, 0.15) is 31.4 Å². The van der Waals surface area contributed by atoms with Crippen molar-refractivity contribution in [2.24, 2.45) is 5.73 Å². The van der Waals surface area contributed by atoms with Crippen molar-refractivity contribution in [3.8, 4) is 11.4 Å². The SMILES string of the molecule is COc1ccccc1-n1nc(CCN)nc1C(C)C. The molecule has 0 atom stereocenters. The molecule has 0 spiro atoms. The van der Waals surface area contributed by atoms with E-state index in [-0.39, 0.29) is 5.92 Å². The first-order valence-electron chi connectivity index (χ1n) is 6.46. The standard InChI is InChI=1S/C14H20N4O/c1-10(2)14-16-13(8-9-15)17-18(14)11-6-4-5-7-12(11)19-3/h4-7,10H,8-9,15H2,1-3H3. The Bertz CT molecular complexity index is 548. The second-order valence-electron chi connectivity index (χ2n) is 4.66. The average molecular weight is 260 g/mol. The van der Waals surface area contributed by atoms with E-state index in [0.717, 1.165) is 23.1 Å². The Labute approximate surface area is 113 Å². The number of rotatable bonds is 5. The smallest absolute Gasteiger partial charge is 0.152 e. The second kappa shape index (κ2) is 5.84. The zero-order chi connectivity index (χ0) is 13.8. The van der Waals surface area contributed by atoms with E-state index in [2.05, 4.69) is 23.9 Å². The Hall–Kier alpha value is -1.88. The third-order valence-electron chi connectivity index (χ3n) is 2.87. The van der Waals surface area contributed by atoms with Crippen LogP contribution in [0.15, 0.2) is 24.3 Å². The van der Waals surface area contributed by atoms with Gasteiger partial charge in [0.05, 0.1) is 7.11 Å². The first-order valence-corrected chi connectivity index (χ1v) is 6.46. The quantitative estimate of drug-likeness (QED) is 0.891. The predicted octanol–water partition coefficient (Wildman–Crippen LogP) is 1.90. The van der Waals surface area contributed by atoms with Gasteiger partial charge in [-0.2, -0.15) is 5.10 Å². The monoisotopic (exact) mass is 260 g/mol. The summed E-state index contributed by atoms with van der Waals surface area (Å²) in [6.45, 7) is 4.75. The highest BCUT2D eigenvalue weighted by molar-refractivity contribution is 5.46. The third-order valence-corrected chi connectivity index (χ3v) is 2.87. The minimum atomic E-state index is 0.281. The summed E-state index contributed by atoms with van der Waals surface area (Å²) in [5.74, 6) is 2.77. The van der Waals surface area contributed by atoms with E-state index >= 15 is 0 Å². The van der Waals surface area contributed by atoms with E-state index in [9.17, 15) is 0 Å². The maximum atomic E-state index is 5.58. The molecule has 0 aliphatic rings. The molecule has 0 saturated carbocycles. The first-order chi connectivity index (χ1) is 9.17. The highest BCUT2D eigenvalue weighted by Gasteiger charge is 2.16. The number of hydrogen-bond acceptors (Lipinski definition) is 4. The van der Waals surface area contributed by atoms with Gasteiger partial charge in [0.15, 0.2) is 5.82 Å². The van der Waals surface area contributed by atoms with Crippen LogP contribution in [0.2, 0.25) is 0 Å². The fourth-order valence-corrected chi connectivity index (χ4v) is 1.96. The summed E-state index contributed by atoms with van der Waals surface area (Å²) in [5, 5.41) is 4.55. The molecule has 0 fully saturated rings. The van der Waals surface area contributed by atoms with Gasteiger partial charge >= 0.3 is 0 Å². The van der Waals surface area contributed by atoms with E-state index in [4.69, 9.17) is 10.5 Å². The summed E-state index contributed by atoms with van der Waals surface area (Å²) in [5.41, 5.74) is 6.48. The molecule has 0 amide bonds. The fourth-order valence-electron chi connectivity index (χ4n) is 1.96. The Kier molecular flexibility index (Phi) is 4.16. The van der Waals surface area contributed by atoms with Crippen LogP contribution in [0.25, 0.3) is 5.69 Å². The molecule has 0 aliphatic heterocycles. The molecule has 1 aromatic carbocycles. The van der Waals surface area contributed by atoms with E-state index in [1.807, 2.05) is 28.9 Å². The molecular weight excluding hydrogens is 240 g/mol. The zero-order valence-corrected chi connectivity index (χ0v) is 11.6. The van der Waals surface area contributed by atoms with E-state index in [0.29, 0.717) is 13.0 Å². The summed E-state index contributed by atoms with van der Waals surface area (Å²) in [7, 11) is 1.66. The lowest BCUT2D eigenvalue weighted by Crippen LogP contribution is -2.07. The van der Waals surface area contributed by atoms with Gasteiger partial charge in [0.1, 0.15) is 17.3 Å². The number of aromatic nitrogens is 3. The molecule has 0 aliphatic carbocycles. The first kappa shape index (κ1) is 13.5. The van der Waals surface area contributed by atoms with E-state index in [1.165, 1.54) is 0 Å². The lowest BCUT2D eigenvalue weighted by atomic mass is 10.2. The van der Waals surface area contributed by atoms with Crippen LogP contribution in [0, 0.1) is 0 Å². The van der Waals surface area contributed by atoms with Crippen molar-refractivity contribution in [1.82, 2.24) is 14.8 Å². The van der Waals surface area contributed by atoms with Gasteiger partial charge in [-0.05, 0) is 18.7 Å². The highest BCUT2D eigenvalue weighted by Crippen LogP contribution is 2.25. The molecule has 2 aromatic rings. The van der Waals surface area contributed by atoms with Crippen LogP contribution < -0.4 is 10.5 Å². The number of nitrogens with two attached hydrogens (primary N) is 1. The van der Waals surface area contributed by atoms with Crippen LogP contribution in [0.5, 0.6) is 5.75 Å². The van der Waals surface area contributed by atoms with Crippen molar-refractivity contribution in [1.29, 1.82) is 0 Å². The van der Waals surface area contributed by atoms with Crippen molar-refractivity contribution >= 4 is 0 Å². The normalized spacial score (nSPS) is 11.0. The van der Waals surface area contributed by atoms with Gasteiger partial charge in [0.25, 0.3) is 0 Å². The molecule has 0 bridgehead atoms. The molecular formula is C14H20N4O. The minimum Gasteiger partial charge on any atom is -0.494 e. The van der Waals surface area contributed by atoms with E-state index in [1.54, 1.807) is 7.11 Å². The Morgan fingerprint density at radius 1 is 1.32 bits per heavy atom. The molecule has 0 radical (unpaired) electrons. The van der Waals surface area contributed by atoms with Gasteiger partial charge in [-0.3, -0.25) is 0 Å². The largest absolute Gasteiger partial charge is 0.494 e. The van der Waals surface area contributed by atoms with E-state index < -0.39 is 0 Å². The number of nitrogens with zero attached hydrogens (tertiary/aromatic N) is 3. The number of benzene rings is 1. The van der Waals surface area contributed by atoms with Crippen molar-refractivity contribution < 1.29 is 4.74 Å². The minimum absolute atomic E-state index is 0.281. The summed E-state index contributed by atoms with van der Waals surface area (Å²) in [6.07, 6.45) is 0.682. The molecule has 1 aromatic heterocycles. The topological polar surface area (TPSA) is 66.0 Å². The summed E-state index contributed by atoms with van der Waals surface area (Å²) in [4.78, 5) is 4.57. The maximum Gasteiger partial charge on any atom is 0.152 e. The third kappa shape index (κ3) is 2.76. The van der Waals surface area contributed by atoms with Gasteiger partial charge in [0, 0.05) is 12.3 Å². The summed E-state index contributed by atoms with van der Waals surface area (Å²) in [6, 6.07) is 7.80. The van der Waals surface area contributed by atoms with Crippen LogP contribution in [0.3, 0.4) is 0 Å². The van der Waals surface area contributed by atoms with Crippen LogP contribution in [-0.4, -0.2) is 28.4 Å². The maximum absolute atomic E-state index is 5.58. The molecule has 1 heterocycles. The molecule has 19 heavy (non-hydrogen) atoms. The zero-order valence-electron chi connectivity index (χ0n) is 11.6. The van der Waals surface area contributed by atoms with Crippen molar-refractivity contribution in [3.05, 3.63) is 35.9 Å². The highest BCUT2D eigenvalue weighted by atomic mass is 16.5. The summed E-state index contributed by atoms with van der Waals surface area (Å²) < 4.78 is 7.25. The molecule has 2 rings (SSSR count). The lowest BCUT2D eigenvalue weighted by molar-refractivity contribution is 0.411. The van der Waals surface area contributed by atoms with Crippen LogP contribution >= 0.6 is 0 Å². The van der Waals surface area contributed by atoms with Crippen LogP contribution in [-0.2, 0) is 6.42 Å². The van der Waals surface area contributed by atoms with Crippen molar-refractivity contribution in [2.45, 2.75) is 26.2 Å². The predicted molar refractivity (Wildman–Crippen MR) is 74.8 cm³/mol. The summed E-state index contributed by atoms with van der Waals surface area (Å²) >= 11 is 0. The molecule has 0 unspecified atom stereocenters. The van der Waals surface area contributed by atoms with Gasteiger partial charge in [-0.1, -0.05) is 26.0 Å². The Balaban J connectivity index is 2.53. The fraction of sp³-hybridized carbons (Fsp3) is 0.429. The molecule has 5 nitrogen and oxygen atoms in total. The number of ether oxygens (including phenoxy) is 1. The van der Waals surface area contributed by atoms with Crippen molar-refractivity contribution in [2.75, 3.05) is 13.7 Å². The molecule has 2 N–H and O–H groups in total. The molecule has 0 saturated heterocycles. The van der Waals surface area contributed by atoms with Crippen molar-refractivity contribution in [3.63, 3.8) is 0 Å². The van der Waals surface area contributed by atoms with Gasteiger partial charge in [-0.15, -0.1) is 0 Å². The average Bonchev–Trinajstić information content (AvgIpc) is 2.83.